The van der Waals surface area contributed by atoms with Crippen LogP contribution in [0.15, 0.2) is 24.3 Å². The van der Waals surface area contributed by atoms with E-state index in [0.29, 0.717) is 0 Å². The Bertz CT molecular complexity index is 532. The summed E-state index contributed by atoms with van der Waals surface area (Å²) in [6.07, 6.45) is 0.173. The first-order valence-electron chi connectivity index (χ1n) is 6.98. The first kappa shape index (κ1) is 14.8. The molecule has 0 N–H and O–H groups in total. The molecule has 3 heteroatoms. The van der Waals surface area contributed by atoms with Gasteiger partial charge in [0.15, 0.2) is 0 Å². The minimum absolute atomic E-state index is 0.102. The number of cyclic esters (lactones) is 2. The summed E-state index contributed by atoms with van der Waals surface area (Å²) < 4.78 is 4.68. The average Bonchev–Trinajstić information content (AvgIpc) is 2.68. The highest BCUT2D eigenvalue weighted by molar-refractivity contribution is 5.95. The number of benzene rings is 1. The molecule has 0 radical (unpaired) electrons. The molecule has 0 aliphatic carbocycles. The zero-order valence-electron chi connectivity index (χ0n) is 12.8. The number of hydrogen-bond acceptors (Lipinski definition) is 3. The number of hydrogen-bond donors (Lipinski definition) is 0. The lowest BCUT2D eigenvalue weighted by atomic mass is 9.72. The molecule has 1 aliphatic heterocycles. The highest BCUT2D eigenvalue weighted by atomic mass is 16.6. The largest absolute Gasteiger partial charge is 0.393 e. The van der Waals surface area contributed by atoms with Crippen LogP contribution in [0.1, 0.15) is 52.2 Å². The van der Waals surface area contributed by atoms with Crippen molar-refractivity contribution in [1.82, 2.24) is 0 Å². The van der Waals surface area contributed by atoms with Crippen molar-refractivity contribution in [1.29, 1.82) is 0 Å². The summed E-state index contributed by atoms with van der Waals surface area (Å²) in [6.45, 7) is 10.5. The Morgan fingerprint density at radius 1 is 0.950 bits per heavy atom. The molecule has 1 unspecified atom stereocenters. The third-order valence-corrected chi connectivity index (χ3v) is 4.24. The maximum Gasteiger partial charge on any atom is 0.318 e. The molecule has 108 valence electrons. The topological polar surface area (TPSA) is 43.4 Å². The van der Waals surface area contributed by atoms with E-state index >= 15 is 0 Å². The van der Waals surface area contributed by atoms with Gasteiger partial charge >= 0.3 is 11.9 Å². The average molecular weight is 274 g/mol. The fourth-order valence-corrected chi connectivity index (χ4v) is 2.63. The van der Waals surface area contributed by atoms with Crippen LogP contribution >= 0.6 is 0 Å². The summed E-state index contributed by atoms with van der Waals surface area (Å²) in [4.78, 5) is 23.1. The van der Waals surface area contributed by atoms with Gasteiger partial charge in [0, 0.05) is 5.41 Å². The molecule has 20 heavy (non-hydrogen) atoms. The SMILES string of the molecule is CC(C)(C)c1ccc(C(C)(C)C2CC(=O)OC2=O)cc1. The zero-order valence-corrected chi connectivity index (χ0v) is 12.8. The van der Waals surface area contributed by atoms with Crippen LogP contribution in [0.4, 0.5) is 0 Å². The number of carbonyl (C=O) groups excluding carboxylic acids is 2. The maximum absolute atomic E-state index is 11.8. The lowest BCUT2D eigenvalue weighted by Gasteiger charge is -2.30. The van der Waals surface area contributed by atoms with Gasteiger partial charge in [0.2, 0.25) is 0 Å². The van der Waals surface area contributed by atoms with Gasteiger partial charge in [0.25, 0.3) is 0 Å². The van der Waals surface area contributed by atoms with Crippen molar-refractivity contribution in [2.45, 2.75) is 51.9 Å². The smallest absolute Gasteiger partial charge is 0.318 e. The van der Waals surface area contributed by atoms with Crippen LogP contribution in [-0.4, -0.2) is 11.9 Å². The van der Waals surface area contributed by atoms with Crippen molar-refractivity contribution in [3.8, 4) is 0 Å². The summed E-state index contributed by atoms with van der Waals surface area (Å²) in [5, 5.41) is 0. The molecule has 0 spiro atoms. The second kappa shape index (κ2) is 4.72. The molecule has 2 rings (SSSR count). The summed E-state index contributed by atoms with van der Waals surface area (Å²) in [7, 11) is 0. The van der Waals surface area contributed by atoms with Crippen molar-refractivity contribution in [3.05, 3.63) is 35.4 Å². The molecule has 1 heterocycles. The fourth-order valence-electron chi connectivity index (χ4n) is 2.63. The van der Waals surface area contributed by atoms with Crippen LogP contribution in [0.5, 0.6) is 0 Å². The molecule has 1 aromatic rings. The number of carbonyl (C=O) groups is 2. The maximum atomic E-state index is 11.8. The van der Waals surface area contributed by atoms with Gasteiger partial charge in [-0.1, -0.05) is 58.9 Å². The van der Waals surface area contributed by atoms with E-state index in [1.807, 2.05) is 13.8 Å². The Kier molecular flexibility index (Phi) is 3.49. The summed E-state index contributed by atoms with van der Waals surface area (Å²) in [5.74, 6) is -1.21. The van der Waals surface area contributed by atoms with Gasteiger partial charge in [-0.05, 0) is 16.5 Å². The van der Waals surface area contributed by atoms with Gasteiger partial charge < -0.3 is 4.74 Å². The van der Waals surface area contributed by atoms with Crippen LogP contribution in [0.2, 0.25) is 0 Å². The van der Waals surface area contributed by atoms with E-state index in [0.717, 1.165) is 5.56 Å². The summed E-state index contributed by atoms with van der Waals surface area (Å²) in [6, 6.07) is 8.30. The molecule has 1 fully saturated rings. The minimum atomic E-state index is -0.417. The van der Waals surface area contributed by atoms with Gasteiger partial charge in [-0.15, -0.1) is 0 Å². The van der Waals surface area contributed by atoms with E-state index in [1.54, 1.807) is 0 Å². The van der Waals surface area contributed by atoms with Crippen molar-refractivity contribution in [3.63, 3.8) is 0 Å². The Labute approximate surface area is 120 Å². The van der Waals surface area contributed by atoms with E-state index in [-0.39, 0.29) is 11.8 Å². The van der Waals surface area contributed by atoms with E-state index in [4.69, 9.17) is 0 Å². The van der Waals surface area contributed by atoms with Crippen LogP contribution in [-0.2, 0) is 25.2 Å². The third kappa shape index (κ3) is 2.62. The van der Waals surface area contributed by atoms with E-state index in [2.05, 4.69) is 49.8 Å². The number of esters is 2. The van der Waals surface area contributed by atoms with Crippen molar-refractivity contribution < 1.29 is 14.3 Å². The second-order valence-electron chi connectivity index (χ2n) is 7.10. The molecular weight excluding hydrogens is 252 g/mol. The molecule has 0 amide bonds. The van der Waals surface area contributed by atoms with Crippen molar-refractivity contribution >= 4 is 11.9 Å². The van der Waals surface area contributed by atoms with Gasteiger partial charge in [0.05, 0.1) is 12.3 Å². The summed E-state index contributed by atoms with van der Waals surface area (Å²) in [5.41, 5.74) is 2.01. The third-order valence-electron chi connectivity index (χ3n) is 4.24. The van der Waals surface area contributed by atoms with Gasteiger partial charge in [0.1, 0.15) is 0 Å². The quantitative estimate of drug-likeness (QED) is 0.613. The van der Waals surface area contributed by atoms with Crippen molar-refractivity contribution in [2.75, 3.05) is 0 Å². The predicted octanol–water partition coefficient (Wildman–Crippen LogP) is 3.35. The molecule has 1 aromatic carbocycles. The predicted molar refractivity (Wildman–Crippen MR) is 77.4 cm³/mol. The Hall–Kier alpha value is -1.64. The highest BCUT2D eigenvalue weighted by Crippen LogP contribution is 2.38. The van der Waals surface area contributed by atoms with Gasteiger partial charge in [-0.25, -0.2) is 0 Å². The first-order chi connectivity index (χ1) is 9.12. The molecule has 0 bridgehead atoms. The van der Waals surface area contributed by atoms with Gasteiger partial charge in [-0.2, -0.15) is 0 Å². The molecule has 0 saturated carbocycles. The Balaban J connectivity index is 2.30. The van der Waals surface area contributed by atoms with Crippen LogP contribution in [0, 0.1) is 5.92 Å². The fraction of sp³-hybridized carbons (Fsp3) is 0.529. The standard InChI is InChI=1S/C17H22O3/c1-16(2,3)11-6-8-12(9-7-11)17(4,5)13-10-14(18)20-15(13)19/h6-9,13H,10H2,1-5H3. The van der Waals surface area contributed by atoms with Crippen molar-refractivity contribution in [2.24, 2.45) is 5.92 Å². The van der Waals surface area contributed by atoms with Crippen LogP contribution in [0.25, 0.3) is 0 Å². The van der Waals surface area contributed by atoms with E-state index < -0.39 is 23.3 Å². The van der Waals surface area contributed by atoms with Crippen LogP contribution in [0.3, 0.4) is 0 Å². The van der Waals surface area contributed by atoms with E-state index in [1.165, 1.54) is 5.56 Å². The lowest BCUT2D eigenvalue weighted by Crippen LogP contribution is -2.32. The van der Waals surface area contributed by atoms with E-state index in [9.17, 15) is 9.59 Å². The molecule has 1 aliphatic rings. The molecular formula is C17H22O3. The monoisotopic (exact) mass is 274 g/mol. The number of ether oxygens (including phenoxy) is 1. The Morgan fingerprint density at radius 3 is 1.85 bits per heavy atom. The van der Waals surface area contributed by atoms with Crippen LogP contribution < -0.4 is 0 Å². The molecule has 3 nitrogen and oxygen atoms in total. The highest BCUT2D eigenvalue weighted by Gasteiger charge is 2.44. The van der Waals surface area contributed by atoms with Gasteiger partial charge in [-0.3, -0.25) is 9.59 Å². The molecule has 1 atom stereocenters. The molecule has 0 aromatic heterocycles. The Morgan fingerprint density at radius 2 is 1.45 bits per heavy atom. The molecule has 1 saturated heterocycles. The lowest BCUT2D eigenvalue weighted by molar-refractivity contribution is -0.153. The summed E-state index contributed by atoms with van der Waals surface area (Å²) >= 11 is 0. The minimum Gasteiger partial charge on any atom is -0.393 e. The first-order valence-corrected chi connectivity index (χ1v) is 6.98. The second-order valence-corrected chi connectivity index (χ2v) is 7.10. The zero-order chi connectivity index (χ0) is 15.1. The normalized spacial score (nSPS) is 20.1. The number of rotatable bonds is 2.